The molecule has 2 atom stereocenters. The molecule has 0 bridgehead atoms. The second kappa shape index (κ2) is 7.00. The molecule has 1 aromatic carbocycles. The first-order chi connectivity index (χ1) is 11.2. The van der Waals surface area contributed by atoms with E-state index >= 15 is 0 Å². The number of guanidine groups is 1. The highest BCUT2D eigenvalue weighted by atomic mass is 32.1. The highest BCUT2D eigenvalue weighted by molar-refractivity contribution is 7.13. The molecule has 0 spiro atoms. The van der Waals surface area contributed by atoms with Crippen LogP contribution in [0.3, 0.4) is 0 Å². The minimum atomic E-state index is 0.469. The molecule has 23 heavy (non-hydrogen) atoms. The SMILES string of the molecule is CN=C(NCc1csc(N(C)C)n1)NC1CC1c1ccccc1. The number of aromatic nitrogens is 1. The van der Waals surface area contributed by atoms with Crippen molar-refractivity contribution in [2.24, 2.45) is 4.99 Å². The quantitative estimate of drug-likeness (QED) is 0.653. The van der Waals surface area contributed by atoms with Crippen molar-refractivity contribution in [2.75, 3.05) is 26.0 Å². The van der Waals surface area contributed by atoms with Crippen molar-refractivity contribution in [3.05, 3.63) is 47.0 Å². The molecule has 2 unspecified atom stereocenters. The Balaban J connectivity index is 1.49. The van der Waals surface area contributed by atoms with Crippen molar-refractivity contribution in [1.29, 1.82) is 0 Å². The summed E-state index contributed by atoms with van der Waals surface area (Å²) in [6.45, 7) is 0.687. The van der Waals surface area contributed by atoms with Crippen LogP contribution >= 0.6 is 11.3 Å². The van der Waals surface area contributed by atoms with Crippen LogP contribution in [0.4, 0.5) is 5.13 Å². The average molecular weight is 329 g/mol. The molecule has 1 fully saturated rings. The van der Waals surface area contributed by atoms with Crippen molar-refractivity contribution in [1.82, 2.24) is 15.6 Å². The summed E-state index contributed by atoms with van der Waals surface area (Å²) in [5.74, 6) is 1.43. The Morgan fingerprint density at radius 2 is 2.13 bits per heavy atom. The van der Waals surface area contributed by atoms with Crippen LogP contribution in [0.15, 0.2) is 40.7 Å². The zero-order chi connectivity index (χ0) is 16.2. The fourth-order valence-electron chi connectivity index (χ4n) is 2.55. The maximum atomic E-state index is 4.57. The van der Waals surface area contributed by atoms with Crippen LogP contribution in [0.25, 0.3) is 0 Å². The molecular weight excluding hydrogens is 306 g/mol. The van der Waals surface area contributed by atoms with Crippen LogP contribution in [0, 0.1) is 0 Å². The van der Waals surface area contributed by atoms with Gasteiger partial charge in [0.1, 0.15) is 0 Å². The van der Waals surface area contributed by atoms with Gasteiger partial charge in [-0.2, -0.15) is 0 Å². The van der Waals surface area contributed by atoms with E-state index < -0.39 is 0 Å². The number of nitrogens with zero attached hydrogens (tertiary/aromatic N) is 3. The second-order valence-electron chi connectivity index (χ2n) is 5.95. The molecule has 0 aliphatic heterocycles. The first kappa shape index (κ1) is 15.8. The molecule has 0 radical (unpaired) electrons. The van der Waals surface area contributed by atoms with Crippen molar-refractivity contribution >= 4 is 22.4 Å². The van der Waals surface area contributed by atoms with E-state index in [1.165, 1.54) is 5.56 Å². The zero-order valence-electron chi connectivity index (χ0n) is 13.8. The van der Waals surface area contributed by atoms with Crippen molar-refractivity contribution in [3.8, 4) is 0 Å². The Bertz CT molecular complexity index is 665. The van der Waals surface area contributed by atoms with Crippen LogP contribution in [0.5, 0.6) is 0 Å². The summed E-state index contributed by atoms with van der Waals surface area (Å²) in [5.41, 5.74) is 2.44. The molecule has 5 nitrogen and oxygen atoms in total. The standard InChI is InChI=1S/C17H23N5S/c1-18-16(19-10-13-11-23-17(20-13)22(2)3)21-15-9-14(15)12-7-5-4-6-8-12/h4-8,11,14-15H,9-10H2,1-3H3,(H2,18,19,21). The van der Waals surface area contributed by atoms with Crippen LogP contribution in [-0.4, -0.2) is 38.1 Å². The molecule has 1 aliphatic carbocycles. The Morgan fingerprint density at radius 3 is 2.78 bits per heavy atom. The molecule has 0 amide bonds. The van der Waals surface area contributed by atoms with Gasteiger partial charge in [-0.05, 0) is 12.0 Å². The fourth-order valence-corrected chi connectivity index (χ4v) is 3.31. The number of aliphatic imine (C=N–C) groups is 1. The summed E-state index contributed by atoms with van der Waals surface area (Å²) in [6.07, 6.45) is 1.16. The number of rotatable bonds is 5. The first-order valence-corrected chi connectivity index (χ1v) is 8.69. The number of hydrogen-bond acceptors (Lipinski definition) is 4. The third-order valence-electron chi connectivity index (χ3n) is 3.92. The van der Waals surface area contributed by atoms with Crippen LogP contribution < -0.4 is 15.5 Å². The first-order valence-electron chi connectivity index (χ1n) is 7.81. The Morgan fingerprint density at radius 1 is 1.35 bits per heavy atom. The van der Waals surface area contributed by atoms with Gasteiger partial charge in [0.2, 0.25) is 0 Å². The summed E-state index contributed by atoms with van der Waals surface area (Å²) in [4.78, 5) is 10.9. The Hall–Kier alpha value is -2.08. The van der Waals surface area contributed by atoms with E-state index in [0.29, 0.717) is 18.5 Å². The monoisotopic (exact) mass is 329 g/mol. The summed E-state index contributed by atoms with van der Waals surface area (Å²) in [7, 11) is 5.82. The molecule has 2 N–H and O–H groups in total. The lowest BCUT2D eigenvalue weighted by Gasteiger charge is -2.11. The Kier molecular flexibility index (Phi) is 4.81. The van der Waals surface area contributed by atoms with Crippen molar-refractivity contribution < 1.29 is 0 Å². The molecule has 2 aromatic rings. The zero-order valence-corrected chi connectivity index (χ0v) is 14.6. The number of thiazole rings is 1. The summed E-state index contributed by atoms with van der Waals surface area (Å²) in [5, 5.41) is 9.95. The molecule has 1 aromatic heterocycles. The van der Waals surface area contributed by atoms with Gasteiger partial charge < -0.3 is 15.5 Å². The van der Waals surface area contributed by atoms with E-state index in [2.05, 4.69) is 56.3 Å². The highest BCUT2D eigenvalue weighted by Gasteiger charge is 2.38. The van der Waals surface area contributed by atoms with Crippen LogP contribution in [0.1, 0.15) is 23.6 Å². The molecule has 1 heterocycles. The Labute approximate surface area is 141 Å². The van der Waals surface area contributed by atoms with E-state index in [-0.39, 0.29) is 0 Å². The lowest BCUT2D eigenvalue weighted by Crippen LogP contribution is -2.38. The van der Waals surface area contributed by atoms with Gasteiger partial charge in [-0.25, -0.2) is 4.98 Å². The van der Waals surface area contributed by atoms with Gasteiger partial charge >= 0.3 is 0 Å². The minimum Gasteiger partial charge on any atom is -0.354 e. The number of anilines is 1. The second-order valence-corrected chi connectivity index (χ2v) is 6.78. The van der Waals surface area contributed by atoms with Gasteiger partial charge in [0.25, 0.3) is 0 Å². The number of benzene rings is 1. The van der Waals surface area contributed by atoms with Gasteiger partial charge in [-0.1, -0.05) is 30.3 Å². The van der Waals surface area contributed by atoms with E-state index in [9.17, 15) is 0 Å². The van der Waals surface area contributed by atoms with E-state index in [1.807, 2.05) is 26.0 Å². The molecular formula is C17H23N5S. The molecule has 1 saturated carbocycles. The molecule has 122 valence electrons. The largest absolute Gasteiger partial charge is 0.354 e. The third-order valence-corrected chi connectivity index (χ3v) is 4.98. The van der Waals surface area contributed by atoms with Gasteiger partial charge in [-0.3, -0.25) is 4.99 Å². The lowest BCUT2D eigenvalue weighted by molar-refractivity contribution is 0.781. The summed E-state index contributed by atoms with van der Waals surface area (Å²) >= 11 is 1.66. The topological polar surface area (TPSA) is 52.6 Å². The minimum absolute atomic E-state index is 0.469. The normalized spacial score (nSPS) is 20.2. The van der Waals surface area contributed by atoms with E-state index in [1.54, 1.807) is 11.3 Å². The van der Waals surface area contributed by atoms with E-state index in [4.69, 9.17) is 0 Å². The van der Waals surface area contributed by atoms with Crippen LogP contribution in [0.2, 0.25) is 0 Å². The predicted molar refractivity (Wildman–Crippen MR) is 97.4 cm³/mol. The van der Waals surface area contributed by atoms with Crippen LogP contribution in [-0.2, 0) is 6.54 Å². The predicted octanol–water partition coefficient (Wildman–Crippen LogP) is 2.43. The van der Waals surface area contributed by atoms with Crippen molar-refractivity contribution in [2.45, 2.75) is 24.9 Å². The number of hydrogen-bond donors (Lipinski definition) is 2. The van der Waals surface area contributed by atoms with Crippen molar-refractivity contribution in [3.63, 3.8) is 0 Å². The van der Waals surface area contributed by atoms with Gasteiger partial charge in [0.05, 0.1) is 12.2 Å². The molecule has 3 rings (SSSR count). The smallest absolute Gasteiger partial charge is 0.191 e. The van der Waals surface area contributed by atoms with Gasteiger partial charge in [-0.15, -0.1) is 11.3 Å². The highest BCUT2D eigenvalue weighted by Crippen LogP contribution is 2.40. The lowest BCUT2D eigenvalue weighted by atomic mass is 10.1. The molecule has 0 saturated heterocycles. The van der Waals surface area contributed by atoms with Gasteiger partial charge in [0, 0.05) is 38.5 Å². The summed E-state index contributed by atoms with van der Waals surface area (Å²) < 4.78 is 0. The summed E-state index contributed by atoms with van der Waals surface area (Å²) in [6, 6.07) is 11.1. The fraction of sp³-hybridized carbons (Fsp3) is 0.412. The maximum Gasteiger partial charge on any atom is 0.191 e. The van der Waals surface area contributed by atoms with Gasteiger partial charge in [0.15, 0.2) is 11.1 Å². The number of nitrogens with one attached hydrogen (secondary N) is 2. The maximum absolute atomic E-state index is 4.57. The molecule has 6 heteroatoms. The molecule has 1 aliphatic rings. The third kappa shape index (κ3) is 4.01. The van der Waals surface area contributed by atoms with E-state index in [0.717, 1.165) is 23.2 Å². The average Bonchev–Trinajstić information content (AvgIpc) is 3.17.